The summed E-state index contributed by atoms with van der Waals surface area (Å²) in [5, 5.41) is 0. The highest BCUT2D eigenvalue weighted by atomic mass is 28.3. The van der Waals surface area contributed by atoms with Crippen LogP contribution in [0.4, 0.5) is 5.69 Å². The minimum Gasteiger partial charge on any atom is -0.546 e. The Morgan fingerprint density at radius 2 is 1.90 bits per heavy atom. The van der Waals surface area contributed by atoms with E-state index in [1.807, 2.05) is 25.1 Å². The van der Waals surface area contributed by atoms with Gasteiger partial charge in [0.05, 0.1) is 11.9 Å². The molecule has 4 nitrogen and oxygen atoms in total. The van der Waals surface area contributed by atoms with Crippen LogP contribution in [0, 0.1) is 13.8 Å². The first-order valence-corrected chi connectivity index (χ1v) is 9.43. The zero-order chi connectivity index (χ0) is 14.5. The van der Waals surface area contributed by atoms with E-state index in [1.165, 1.54) is 5.56 Å². The normalized spacial score (nSPS) is 11.2. The minimum absolute atomic E-state index is 0.779. The lowest BCUT2D eigenvalue weighted by atomic mass is 10.2. The van der Waals surface area contributed by atoms with Crippen LogP contribution in [-0.2, 0) is 0 Å². The molecule has 1 heterocycles. The Balaban J connectivity index is 2.31. The van der Waals surface area contributed by atoms with Crippen molar-refractivity contribution in [2.45, 2.75) is 26.9 Å². The van der Waals surface area contributed by atoms with Crippen molar-refractivity contribution in [2.75, 3.05) is 0 Å². The summed E-state index contributed by atoms with van der Waals surface area (Å²) < 4.78 is 5.93. The summed E-state index contributed by atoms with van der Waals surface area (Å²) >= 11 is 0. The molecule has 104 valence electrons. The third-order valence-corrected chi connectivity index (χ3v) is 3.45. The third kappa shape index (κ3) is 3.74. The van der Waals surface area contributed by atoms with Gasteiger partial charge >= 0.3 is 0 Å². The highest BCUT2D eigenvalue weighted by Crippen LogP contribution is 2.29. The SMILES string of the molecule is Cc1ccc(N=Cc2nccnc2C)c(O[SiH](C)C)c1. The number of aryl methyl sites for hydroxylation is 2. The fourth-order valence-corrected chi connectivity index (χ4v) is 2.45. The molecule has 0 saturated heterocycles. The van der Waals surface area contributed by atoms with E-state index in [0.29, 0.717) is 0 Å². The van der Waals surface area contributed by atoms with Crippen molar-refractivity contribution in [3.63, 3.8) is 0 Å². The van der Waals surface area contributed by atoms with Gasteiger partial charge in [0.25, 0.3) is 0 Å². The Labute approximate surface area is 121 Å². The maximum atomic E-state index is 5.93. The van der Waals surface area contributed by atoms with Crippen molar-refractivity contribution >= 4 is 20.9 Å². The molecule has 0 bridgehead atoms. The summed E-state index contributed by atoms with van der Waals surface area (Å²) in [6, 6.07) is 6.04. The molecule has 1 aromatic heterocycles. The molecule has 0 atom stereocenters. The second-order valence-corrected chi connectivity index (χ2v) is 7.26. The predicted molar refractivity (Wildman–Crippen MR) is 84.7 cm³/mol. The van der Waals surface area contributed by atoms with Gasteiger partial charge in [-0.1, -0.05) is 6.07 Å². The first-order chi connectivity index (χ1) is 9.56. The van der Waals surface area contributed by atoms with Gasteiger partial charge in [-0.2, -0.15) is 0 Å². The van der Waals surface area contributed by atoms with Gasteiger partial charge in [-0.25, -0.2) is 0 Å². The molecule has 5 heteroatoms. The Kier molecular flexibility index (Phi) is 4.63. The molecule has 2 rings (SSSR count). The maximum absolute atomic E-state index is 5.93. The van der Waals surface area contributed by atoms with Crippen molar-refractivity contribution in [3.8, 4) is 5.75 Å². The second-order valence-electron chi connectivity index (χ2n) is 4.92. The number of nitrogens with zero attached hydrogens (tertiary/aromatic N) is 3. The number of benzene rings is 1. The molecule has 0 fully saturated rings. The lowest BCUT2D eigenvalue weighted by molar-refractivity contribution is 0.581. The van der Waals surface area contributed by atoms with Crippen molar-refractivity contribution in [1.29, 1.82) is 0 Å². The molecule has 0 saturated carbocycles. The fourth-order valence-electron chi connectivity index (χ4n) is 1.75. The Morgan fingerprint density at radius 3 is 2.60 bits per heavy atom. The number of hydrogen-bond donors (Lipinski definition) is 0. The lowest BCUT2D eigenvalue weighted by Gasteiger charge is -2.12. The van der Waals surface area contributed by atoms with Gasteiger partial charge < -0.3 is 4.43 Å². The van der Waals surface area contributed by atoms with Gasteiger partial charge in [-0.3, -0.25) is 15.0 Å². The number of hydrogen-bond acceptors (Lipinski definition) is 4. The van der Waals surface area contributed by atoms with Crippen LogP contribution in [0.2, 0.25) is 13.1 Å². The molecule has 0 unspecified atom stereocenters. The van der Waals surface area contributed by atoms with Gasteiger partial charge in [-0.15, -0.1) is 0 Å². The number of aromatic nitrogens is 2. The monoisotopic (exact) mass is 285 g/mol. The van der Waals surface area contributed by atoms with Gasteiger partial charge in [0, 0.05) is 12.4 Å². The van der Waals surface area contributed by atoms with Gasteiger partial charge in [0.2, 0.25) is 9.04 Å². The number of aliphatic imine (C=N–C) groups is 1. The molecule has 20 heavy (non-hydrogen) atoms. The highest BCUT2D eigenvalue weighted by molar-refractivity contribution is 6.49. The van der Waals surface area contributed by atoms with Crippen LogP contribution < -0.4 is 4.43 Å². The average molecular weight is 285 g/mol. The van der Waals surface area contributed by atoms with E-state index in [0.717, 1.165) is 22.8 Å². The van der Waals surface area contributed by atoms with E-state index in [-0.39, 0.29) is 0 Å². The maximum Gasteiger partial charge on any atom is 0.229 e. The van der Waals surface area contributed by atoms with Crippen LogP contribution in [0.3, 0.4) is 0 Å². The van der Waals surface area contributed by atoms with Crippen LogP contribution in [-0.4, -0.2) is 25.2 Å². The summed E-state index contributed by atoms with van der Waals surface area (Å²) in [7, 11) is -1.16. The Hall–Kier alpha value is -2.01. The van der Waals surface area contributed by atoms with E-state index in [9.17, 15) is 0 Å². The molecular formula is C15H19N3OSi. The molecule has 2 aromatic rings. The topological polar surface area (TPSA) is 47.4 Å². The van der Waals surface area contributed by atoms with E-state index in [2.05, 4.69) is 35.0 Å². The Bertz CT molecular complexity index is 626. The molecular weight excluding hydrogens is 266 g/mol. The van der Waals surface area contributed by atoms with Crippen LogP contribution in [0.15, 0.2) is 35.6 Å². The van der Waals surface area contributed by atoms with Crippen molar-refractivity contribution in [2.24, 2.45) is 4.99 Å². The van der Waals surface area contributed by atoms with Crippen molar-refractivity contribution in [1.82, 2.24) is 9.97 Å². The Morgan fingerprint density at radius 1 is 1.15 bits per heavy atom. The molecule has 0 aliphatic rings. The molecule has 0 N–H and O–H groups in total. The van der Waals surface area contributed by atoms with E-state index < -0.39 is 9.04 Å². The van der Waals surface area contributed by atoms with Crippen LogP contribution in [0.25, 0.3) is 0 Å². The second kappa shape index (κ2) is 6.43. The summed E-state index contributed by atoms with van der Waals surface area (Å²) in [4.78, 5) is 13.0. The molecule has 0 aliphatic carbocycles. The molecule has 0 aliphatic heterocycles. The standard InChI is InChI=1S/C15H19N3OSi/c1-11-5-6-13(15(9-11)19-20(3)4)18-10-14-12(2)16-7-8-17-14/h5-10,20H,1-4H3. The average Bonchev–Trinajstić information content (AvgIpc) is 2.39. The van der Waals surface area contributed by atoms with E-state index in [1.54, 1.807) is 18.6 Å². The first-order valence-electron chi connectivity index (χ1n) is 6.65. The van der Waals surface area contributed by atoms with Gasteiger partial charge in [0.1, 0.15) is 17.1 Å². The molecule has 0 spiro atoms. The van der Waals surface area contributed by atoms with Gasteiger partial charge in [0.15, 0.2) is 0 Å². The van der Waals surface area contributed by atoms with Crippen molar-refractivity contribution in [3.05, 3.63) is 47.5 Å². The summed E-state index contributed by atoms with van der Waals surface area (Å²) in [6.45, 7) is 8.25. The van der Waals surface area contributed by atoms with E-state index in [4.69, 9.17) is 4.43 Å². The quantitative estimate of drug-likeness (QED) is 0.640. The third-order valence-electron chi connectivity index (χ3n) is 2.72. The molecule has 0 amide bonds. The summed E-state index contributed by atoms with van der Waals surface area (Å²) in [5.74, 6) is 0.851. The van der Waals surface area contributed by atoms with Crippen LogP contribution in [0.1, 0.15) is 17.0 Å². The van der Waals surface area contributed by atoms with Gasteiger partial charge in [-0.05, 0) is 44.6 Å². The zero-order valence-electron chi connectivity index (χ0n) is 12.3. The van der Waals surface area contributed by atoms with E-state index >= 15 is 0 Å². The lowest BCUT2D eigenvalue weighted by Crippen LogP contribution is -2.11. The number of rotatable bonds is 4. The summed E-state index contributed by atoms with van der Waals surface area (Å²) in [5.41, 5.74) is 3.65. The minimum atomic E-state index is -1.16. The smallest absolute Gasteiger partial charge is 0.229 e. The van der Waals surface area contributed by atoms with Crippen molar-refractivity contribution < 1.29 is 4.43 Å². The molecule has 1 aromatic carbocycles. The predicted octanol–water partition coefficient (Wildman–Crippen LogP) is 3.21. The zero-order valence-corrected chi connectivity index (χ0v) is 13.4. The van der Waals surface area contributed by atoms with Crippen LogP contribution in [0.5, 0.6) is 5.75 Å². The summed E-state index contributed by atoms with van der Waals surface area (Å²) in [6.07, 6.45) is 5.08. The largest absolute Gasteiger partial charge is 0.546 e. The highest BCUT2D eigenvalue weighted by Gasteiger charge is 2.06. The fraction of sp³-hybridized carbons (Fsp3) is 0.267. The first kappa shape index (κ1) is 14.4. The molecule has 0 radical (unpaired) electrons. The van der Waals surface area contributed by atoms with Crippen LogP contribution >= 0.6 is 0 Å².